The number of pyridine rings is 1. The maximum Gasteiger partial charge on any atom is 0.255 e. The van der Waals surface area contributed by atoms with Gasteiger partial charge in [-0.3, -0.25) is 14.5 Å². The van der Waals surface area contributed by atoms with Gasteiger partial charge in [0.1, 0.15) is 6.61 Å². The largest absolute Gasteiger partial charge is 0.375 e. The maximum absolute atomic E-state index is 13.2. The zero-order valence-electron chi connectivity index (χ0n) is 17.8. The number of hydrogen-bond acceptors (Lipinski definition) is 7. The van der Waals surface area contributed by atoms with Crippen molar-refractivity contribution in [3.05, 3.63) is 45.5 Å². The number of nitrogens with zero attached hydrogens (tertiary/aromatic N) is 5. The third-order valence-corrected chi connectivity index (χ3v) is 5.98. The van der Waals surface area contributed by atoms with Crippen LogP contribution in [0.2, 0.25) is 0 Å². The number of ether oxygens (including phenoxy) is 1. The van der Waals surface area contributed by atoms with Crippen LogP contribution in [-0.2, 0) is 35.6 Å². The average molecular weight is 415 g/mol. The first kappa shape index (κ1) is 20.7. The molecule has 2 aliphatic heterocycles. The number of carbonyl (C=O) groups is 1. The number of amides is 1. The van der Waals surface area contributed by atoms with Gasteiger partial charge in [0.25, 0.3) is 5.56 Å². The lowest BCUT2D eigenvalue weighted by atomic mass is 9.83. The second-order valence-corrected chi connectivity index (χ2v) is 8.36. The number of methoxy groups -OCH3 is 1. The first-order valence-electron chi connectivity index (χ1n) is 10.5. The van der Waals surface area contributed by atoms with Crippen LogP contribution in [0.15, 0.2) is 21.5 Å². The van der Waals surface area contributed by atoms with Crippen LogP contribution >= 0.6 is 0 Å². The molecule has 9 nitrogen and oxygen atoms in total. The molecule has 0 aliphatic carbocycles. The number of fused-ring (bicyclic) bond motifs is 4. The zero-order valence-corrected chi connectivity index (χ0v) is 17.8. The Kier molecular flexibility index (Phi) is 6.01. The Morgan fingerprint density at radius 3 is 2.87 bits per heavy atom. The topological polar surface area (TPSA) is 93.7 Å². The summed E-state index contributed by atoms with van der Waals surface area (Å²) in [5, 5.41) is 3.92. The molecule has 4 rings (SSSR count). The monoisotopic (exact) mass is 415 g/mol. The van der Waals surface area contributed by atoms with Gasteiger partial charge in [0.05, 0.1) is 6.54 Å². The smallest absolute Gasteiger partial charge is 0.255 e. The van der Waals surface area contributed by atoms with Crippen LogP contribution in [0.4, 0.5) is 0 Å². The molecule has 0 spiro atoms. The molecule has 4 heterocycles. The molecule has 0 aromatic carbocycles. The van der Waals surface area contributed by atoms with E-state index in [4.69, 9.17) is 9.26 Å². The molecular formula is C21H29N5O4. The van der Waals surface area contributed by atoms with Crippen molar-refractivity contribution in [3.63, 3.8) is 0 Å². The van der Waals surface area contributed by atoms with Crippen LogP contribution in [-0.4, -0.2) is 64.3 Å². The van der Waals surface area contributed by atoms with Gasteiger partial charge in [0.15, 0.2) is 5.82 Å². The fourth-order valence-electron chi connectivity index (χ4n) is 4.61. The van der Waals surface area contributed by atoms with Crippen LogP contribution in [0, 0.1) is 5.92 Å². The summed E-state index contributed by atoms with van der Waals surface area (Å²) >= 11 is 0. The molecule has 2 bridgehead atoms. The minimum absolute atomic E-state index is 0.0218. The van der Waals surface area contributed by atoms with Crippen molar-refractivity contribution in [1.29, 1.82) is 0 Å². The number of likely N-dealkylation sites (tertiary alicyclic amines) is 1. The Hall–Kier alpha value is -2.52. The molecule has 0 N–H and O–H groups in total. The summed E-state index contributed by atoms with van der Waals surface area (Å²) in [5.41, 5.74) is 1.84. The molecule has 2 aromatic heterocycles. The molecule has 2 aliphatic rings. The van der Waals surface area contributed by atoms with Crippen molar-refractivity contribution in [2.45, 2.75) is 45.3 Å². The number of aromatic nitrogens is 3. The Morgan fingerprint density at radius 2 is 2.13 bits per heavy atom. The zero-order chi connectivity index (χ0) is 21.3. The van der Waals surface area contributed by atoms with E-state index in [2.05, 4.69) is 16.2 Å². The van der Waals surface area contributed by atoms with Gasteiger partial charge in [-0.05, 0) is 25.5 Å². The van der Waals surface area contributed by atoms with E-state index in [1.165, 1.54) is 7.11 Å². The van der Waals surface area contributed by atoms with E-state index in [0.717, 1.165) is 24.1 Å². The van der Waals surface area contributed by atoms with E-state index in [1.807, 2.05) is 34.4 Å². The summed E-state index contributed by atoms with van der Waals surface area (Å²) in [7, 11) is 3.48. The molecule has 0 unspecified atom stereocenters. The van der Waals surface area contributed by atoms with Gasteiger partial charge < -0.3 is 18.7 Å². The van der Waals surface area contributed by atoms with Crippen molar-refractivity contribution in [1.82, 2.24) is 24.5 Å². The van der Waals surface area contributed by atoms with Crippen LogP contribution in [0.3, 0.4) is 0 Å². The van der Waals surface area contributed by atoms with Crippen molar-refractivity contribution < 1.29 is 14.1 Å². The molecule has 1 saturated heterocycles. The highest BCUT2D eigenvalue weighted by Crippen LogP contribution is 2.35. The van der Waals surface area contributed by atoms with Gasteiger partial charge in [-0.2, -0.15) is 4.98 Å². The first-order valence-corrected chi connectivity index (χ1v) is 10.5. The number of carbonyl (C=O) groups excluding carboxylic acids is 1. The highest BCUT2D eigenvalue weighted by Gasteiger charge is 2.36. The lowest BCUT2D eigenvalue weighted by molar-refractivity contribution is -0.137. The fourth-order valence-corrected chi connectivity index (χ4v) is 4.61. The highest BCUT2D eigenvalue weighted by molar-refractivity contribution is 5.77. The molecule has 1 amide bonds. The van der Waals surface area contributed by atoms with Gasteiger partial charge in [-0.25, -0.2) is 0 Å². The highest BCUT2D eigenvalue weighted by atomic mass is 16.5. The van der Waals surface area contributed by atoms with E-state index in [0.29, 0.717) is 50.4 Å². The van der Waals surface area contributed by atoms with Crippen LogP contribution in [0.1, 0.15) is 42.2 Å². The summed E-state index contributed by atoms with van der Waals surface area (Å²) in [6, 6.07) is 3.98. The molecule has 2 aromatic rings. The Balaban J connectivity index is 1.48. The third-order valence-electron chi connectivity index (χ3n) is 5.98. The van der Waals surface area contributed by atoms with Crippen LogP contribution < -0.4 is 5.56 Å². The molecule has 162 valence electrons. The van der Waals surface area contributed by atoms with Crippen molar-refractivity contribution in [2.24, 2.45) is 5.92 Å². The van der Waals surface area contributed by atoms with Crippen molar-refractivity contribution in [2.75, 3.05) is 33.9 Å². The van der Waals surface area contributed by atoms with Gasteiger partial charge in [-0.15, -0.1) is 0 Å². The molecule has 30 heavy (non-hydrogen) atoms. The van der Waals surface area contributed by atoms with Gasteiger partial charge >= 0.3 is 0 Å². The second-order valence-electron chi connectivity index (χ2n) is 8.36. The van der Waals surface area contributed by atoms with E-state index in [1.54, 1.807) is 0 Å². The number of aryl methyl sites for hydroxylation is 1. The normalized spacial score (nSPS) is 20.5. The quantitative estimate of drug-likeness (QED) is 0.666. The number of hydrogen-bond donors (Lipinski definition) is 0. The molecule has 1 fully saturated rings. The predicted molar refractivity (Wildman–Crippen MR) is 109 cm³/mol. The third kappa shape index (κ3) is 4.17. The fraction of sp³-hybridized carbons (Fsp3) is 0.619. The predicted octanol–water partition coefficient (Wildman–Crippen LogP) is 1.02. The Bertz CT molecular complexity index is 969. The maximum atomic E-state index is 13.2. The SMILES string of the molecule is CCc1noc(CN(C)Cc2ccc3n(c2=O)C[C@H]2C[C@@H]3CN(C(=O)COC)C2)n1. The average Bonchev–Trinajstić information content (AvgIpc) is 3.18. The lowest BCUT2D eigenvalue weighted by Gasteiger charge is -2.42. The summed E-state index contributed by atoms with van der Waals surface area (Å²) in [6.07, 6.45) is 1.75. The van der Waals surface area contributed by atoms with Crippen LogP contribution in [0.25, 0.3) is 0 Å². The molecule has 9 heteroatoms. The van der Waals surface area contributed by atoms with E-state index in [9.17, 15) is 9.59 Å². The molecule has 2 atom stereocenters. The number of piperidine rings is 1. The van der Waals surface area contributed by atoms with Gasteiger partial charge in [0.2, 0.25) is 11.8 Å². The minimum Gasteiger partial charge on any atom is -0.375 e. The number of rotatable bonds is 7. The second kappa shape index (κ2) is 8.69. The summed E-state index contributed by atoms with van der Waals surface area (Å²) in [5.74, 6) is 1.77. The van der Waals surface area contributed by atoms with Crippen LogP contribution in [0.5, 0.6) is 0 Å². The minimum atomic E-state index is 0.0218. The van der Waals surface area contributed by atoms with Gasteiger partial charge in [0, 0.05) is 56.9 Å². The van der Waals surface area contributed by atoms with Crippen molar-refractivity contribution in [3.8, 4) is 0 Å². The first-order chi connectivity index (χ1) is 14.5. The summed E-state index contributed by atoms with van der Waals surface area (Å²) in [4.78, 5) is 33.7. The molecule has 0 saturated carbocycles. The molecule has 0 radical (unpaired) electrons. The van der Waals surface area contributed by atoms with E-state index < -0.39 is 0 Å². The van der Waals surface area contributed by atoms with E-state index >= 15 is 0 Å². The summed E-state index contributed by atoms with van der Waals surface area (Å²) in [6.45, 7) is 5.08. The Morgan fingerprint density at radius 1 is 1.30 bits per heavy atom. The lowest BCUT2D eigenvalue weighted by Crippen LogP contribution is -2.50. The Labute approximate surface area is 175 Å². The van der Waals surface area contributed by atoms with Gasteiger partial charge in [-0.1, -0.05) is 18.1 Å². The molecular weight excluding hydrogens is 386 g/mol. The standard InChI is InChI=1S/C21H29N5O4/c1-4-18-22-19(30-23-18)12-24(2)10-15-5-6-17-16-7-14(9-26(17)21(15)28)8-25(11-16)20(27)13-29-3/h5-6,14,16H,4,7-13H2,1-3H3/t14-,16+/m0/s1. The van der Waals surface area contributed by atoms with E-state index in [-0.39, 0.29) is 24.0 Å². The van der Waals surface area contributed by atoms with Crippen molar-refractivity contribution >= 4 is 5.91 Å². The summed E-state index contributed by atoms with van der Waals surface area (Å²) < 4.78 is 12.2.